The molecule has 1 rings (SSSR count). The molecule has 0 amide bonds. The van der Waals surface area contributed by atoms with Crippen LogP contribution in [0, 0.1) is 6.92 Å². The van der Waals surface area contributed by atoms with E-state index in [1.807, 2.05) is 0 Å². The van der Waals surface area contributed by atoms with Crippen LogP contribution < -0.4 is 0 Å². The number of aryl methyl sites for hydroxylation is 1. The Morgan fingerprint density at radius 1 is 1.38 bits per heavy atom. The van der Waals surface area contributed by atoms with Gasteiger partial charge in [0, 0.05) is 0 Å². The summed E-state index contributed by atoms with van der Waals surface area (Å²) in [4.78, 5) is 10.6. The maximum absolute atomic E-state index is 12.6. The molecule has 0 fully saturated rings. The van der Waals surface area contributed by atoms with Crippen molar-refractivity contribution in [1.29, 1.82) is 0 Å². The molecule has 0 unspecified atom stereocenters. The molecule has 2 N–H and O–H groups in total. The van der Waals surface area contributed by atoms with Crippen molar-refractivity contribution in [3.05, 3.63) is 34.4 Å². The molecule has 0 spiro atoms. The molecule has 0 aromatic heterocycles. The Kier molecular flexibility index (Phi) is 3.23. The fraction of sp³-hybridized carbons (Fsp3) is 0.300. The Labute approximate surface area is 89.1 Å². The van der Waals surface area contributed by atoms with Crippen molar-refractivity contribution in [2.24, 2.45) is 0 Å². The van der Waals surface area contributed by atoms with Gasteiger partial charge in [0.05, 0.1) is 17.7 Å². The van der Waals surface area contributed by atoms with Crippen molar-refractivity contribution in [3.8, 4) is 0 Å². The Morgan fingerprint density at radius 3 is 2.31 bits per heavy atom. The largest absolute Gasteiger partial charge is 0.478 e. The number of halogens is 3. The molecular weight excluding hydrogens is 225 g/mol. The third-order valence-electron chi connectivity index (χ3n) is 2.18. The number of aliphatic hydroxyl groups is 1. The van der Waals surface area contributed by atoms with E-state index < -0.39 is 29.9 Å². The highest BCUT2D eigenvalue weighted by Gasteiger charge is 2.34. The Bertz CT molecular complexity index is 424. The van der Waals surface area contributed by atoms with Crippen molar-refractivity contribution in [2.75, 3.05) is 0 Å². The normalized spacial score (nSPS) is 11.6. The molecular formula is C10H9F3O3. The third kappa shape index (κ3) is 2.33. The number of carboxylic acids is 1. The number of hydrogen-bond acceptors (Lipinski definition) is 2. The van der Waals surface area contributed by atoms with Gasteiger partial charge in [-0.05, 0) is 30.2 Å². The third-order valence-corrected chi connectivity index (χ3v) is 2.18. The molecule has 0 aliphatic carbocycles. The van der Waals surface area contributed by atoms with E-state index in [1.165, 1.54) is 6.92 Å². The summed E-state index contributed by atoms with van der Waals surface area (Å²) in [7, 11) is 0. The minimum absolute atomic E-state index is 0.106. The maximum Gasteiger partial charge on any atom is 0.416 e. The average Bonchev–Trinajstić information content (AvgIpc) is 2.14. The van der Waals surface area contributed by atoms with Crippen LogP contribution in [-0.2, 0) is 12.8 Å². The van der Waals surface area contributed by atoms with Gasteiger partial charge in [-0.15, -0.1) is 0 Å². The van der Waals surface area contributed by atoms with E-state index in [0.717, 1.165) is 6.07 Å². The quantitative estimate of drug-likeness (QED) is 0.824. The monoisotopic (exact) mass is 234 g/mol. The van der Waals surface area contributed by atoms with Crippen LogP contribution in [0.1, 0.15) is 27.0 Å². The molecule has 0 saturated carbocycles. The van der Waals surface area contributed by atoms with E-state index in [2.05, 4.69) is 0 Å². The summed E-state index contributed by atoms with van der Waals surface area (Å²) in [6.07, 6.45) is -4.67. The lowest BCUT2D eigenvalue weighted by atomic mass is 9.98. The number of benzene rings is 1. The second-order valence-electron chi connectivity index (χ2n) is 3.28. The number of hydrogen-bond donors (Lipinski definition) is 2. The highest BCUT2D eigenvalue weighted by atomic mass is 19.4. The number of carbonyl (C=O) groups is 1. The zero-order valence-electron chi connectivity index (χ0n) is 8.30. The van der Waals surface area contributed by atoms with Gasteiger partial charge in [-0.25, -0.2) is 4.79 Å². The first kappa shape index (κ1) is 12.5. The van der Waals surface area contributed by atoms with Crippen molar-refractivity contribution < 1.29 is 28.2 Å². The van der Waals surface area contributed by atoms with Crippen LogP contribution in [0.15, 0.2) is 12.1 Å². The van der Waals surface area contributed by atoms with Crippen LogP contribution in [-0.4, -0.2) is 16.2 Å². The van der Waals surface area contributed by atoms with Gasteiger partial charge in [0.25, 0.3) is 0 Å². The molecule has 16 heavy (non-hydrogen) atoms. The zero-order chi connectivity index (χ0) is 12.5. The first-order valence-electron chi connectivity index (χ1n) is 4.32. The standard InChI is InChI=1S/C10H9F3O3/c1-5-2-6(9(15)16)3-8(7(5)4-14)10(11,12)13/h2-3,14H,4H2,1H3,(H,15,16). The second kappa shape index (κ2) is 4.13. The molecule has 0 atom stereocenters. The lowest BCUT2D eigenvalue weighted by molar-refractivity contribution is -0.138. The van der Waals surface area contributed by atoms with Crippen molar-refractivity contribution >= 4 is 5.97 Å². The fourth-order valence-corrected chi connectivity index (χ4v) is 1.40. The van der Waals surface area contributed by atoms with Crippen LogP contribution in [0.25, 0.3) is 0 Å². The number of aromatic carboxylic acids is 1. The Balaban J connectivity index is 3.49. The molecule has 0 saturated heterocycles. The molecule has 3 nitrogen and oxygen atoms in total. The first-order valence-corrected chi connectivity index (χ1v) is 4.32. The van der Waals surface area contributed by atoms with Gasteiger partial charge >= 0.3 is 12.1 Å². The topological polar surface area (TPSA) is 57.5 Å². The lowest BCUT2D eigenvalue weighted by Crippen LogP contribution is -2.13. The maximum atomic E-state index is 12.6. The van der Waals surface area contributed by atoms with Gasteiger partial charge in [0.15, 0.2) is 0 Å². The zero-order valence-corrected chi connectivity index (χ0v) is 8.30. The summed E-state index contributed by atoms with van der Waals surface area (Å²) in [5.74, 6) is -1.43. The van der Waals surface area contributed by atoms with Crippen molar-refractivity contribution in [2.45, 2.75) is 19.7 Å². The highest BCUT2D eigenvalue weighted by molar-refractivity contribution is 5.88. The SMILES string of the molecule is Cc1cc(C(=O)O)cc(C(F)(F)F)c1CO. The minimum atomic E-state index is -4.67. The summed E-state index contributed by atoms with van der Waals surface area (Å²) in [6, 6.07) is 1.63. The lowest BCUT2D eigenvalue weighted by Gasteiger charge is -2.14. The molecule has 88 valence electrons. The van der Waals surface area contributed by atoms with E-state index in [-0.39, 0.29) is 11.1 Å². The minimum Gasteiger partial charge on any atom is -0.478 e. The van der Waals surface area contributed by atoms with Crippen LogP contribution >= 0.6 is 0 Å². The first-order chi connectivity index (χ1) is 7.27. The number of rotatable bonds is 2. The molecule has 0 heterocycles. The number of aliphatic hydroxyl groups excluding tert-OH is 1. The van der Waals surface area contributed by atoms with Gasteiger partial charge in [0.1, 0.15) is 0 Å². The van der Waals surface area contributed by atoms with E-state index in [9.17, 15) is 18.0 Å². The summed E-state index contributed by atoms with van der Waals surface area (Å²) in [5, 5.41) is 17.5. The molecule has 0 radical (unpaired) electrons. The average molecular weight is 234 g/mol. The van der Waals surface area contributed by atoms with Gasteiger partial charge in [0.2, 0.25) is 0 Å². The molecule has 0 bridgehead atoms. The summed E-state index contributed by atoms with van der Waals surface area (Å²) in [5.41, 5.74) is -1.73. The van der Waals surface area contributed by atoms with Crippen LogP contribution in [0.5, 0.6) is 0 Å². The van der Waals surface area contributed by atoms with Crippen molar-refractivity contribution in [1.82, 2.24) is 0 Å². The van der Waals surface area contributed by atoms with E-state index in [4.69, 9.17) is 10.2 Å². The van der Waals surface area contributed by atoms with Gasteiger partial charge < -0.3 is 10.2 Å². The molecule has 0 aliphatic rings. The van der Waals surface area contributed by atoms with Gasteiger partial charge in [-0.3, -0.25) is 0 Å². The Morgan fingerprint density at radius 2 is 1.94 bits per heavy atom. The molecule has 1 aromatic rings. The van der Waals surface area contributed by atoms with Crippen LogP contribution in [0.4, 0.5) is 13.2 Å². The number of carboxylic acid groups (broad SMARTS) is 1. The molecule has 6 heteroatoms. The second-order valence-corrected chi connectivity index (χ2v) is 3.28. The van der Waals surface area contributed by atoms with Gasteiger partial charge in [-0.2, -0.15) is 13.2 Å². The van der Waals surface area contributed by atoms with E-state index in [0.29, 0.717) is 6.07 Å². The van der Waals surface area contributed by atoms with E-state index in [1.54, 1.807) is 0 Å². The number of alkyl halides is 3. The summed E-state index contributed by atoms with van der Waals surface area (Å²) in [6.45, 7) is 0.549. The predicted molar refractivity (Wildman–Crippen MR) is 49.1 cm³/mol. The smallest absolute Gasteiger partial charge is 0.416 e. The predicted octanol–water partition coefficient (Wildman–Crippen LogP) is 2.20. The van der Waals surface area contributed by atoms with Crippen LogP contribution in [0.3, 0.4) is 0 Å². The van der Waals surface area contributed by atoms with Crippen LogP contribution in [0.2, 0.25) is 0 Å². The summed E-state index contributed by atoms with van der Waals surface area (Å²) >= 11 is 0. The van der Waals surface area contributed by atoms with Crippen molar-refractivity contribution in [3.63, 3.8) is 0 Å². The highest BCUT2D eigenvalue weighted by Crippen LogP contribution is 2.34. The molecule has 0 aliphatic heterocycles. The summed E-state index contributed by atoms with van der Waals surface area (Å²) < 4.78 is 37.7. The van der Waals surface area contributed by atoms with E-state index >= 15 is 0 Å². The Hall–Kier alpha value is -1.56. The molecule has 1 aromatic carbocycles. The fourth-order valence-electron chi connectivity index (χ4n) is 1.40. The van der Waals surface area contributed by atoms with Gasteiger partial charge in [-0.1, -0.05) is 0 Å².